The molecule has 0 radical (unpaired) electrons. The zero-order valence-corrected chi connectivity index (χ0v) is 14.0. The van der Waals surface area contributed by atoms with Gasteiger partial charge in [0.15, 0.2) is 0 Å². The molecule has 0 fully saturated rings. The molecule has 0 saturated heterocycles. The quantitative estimate of drug-likeness (QED) is 0.504. The Morgan fingerprint density at radius 1 is 0.650 bits per heavy atom. The molecule has 0 aromatic rings. The van der Waals surface area contributed by atoms with Gasteiger partial charge in [-0.05, 0) is 24.2 Å². The van der Waals surface area contributed by atoms with Crippen LogP contribution in [0.5, 0.6) is 0 Å². The highest BCUT2D eigenvalue weighted by Crippen LogP contribution is 2.02. The Bertz CT molecular complexity index is 172. The zero-order valence-electron chi connectivity index (χ0n) is 14.0. The molecule has 0 aromatic carbocycles. The van der Waals surface area contributed by atoms with Crippen molar-refractivity contribution in [2.24, 2.45) is 17.8 Å². The maximum atomic E-state index is 8.78. The van der Waals surface area contributed by atoms with E-state index in [1.54, 1.807) is 0 Å². The molecular formula is C15H36O5. The Hall–Kier alpha value is -0.200. The molecule has 0 aliphatic heterocycles. The molecule has 0 saturated carbocycles. The second-order valence-electron chi connectivity index (χ2n) is 6.04. The van der Waals surface area contributed by atoms with Crippen LogP contribution < -0.4 is 0 Å². The molecule has 0 amide bonds. The van der Waals surface area contributed by atoms with Gasteiger partial charge in [-0.15, -0.1) is 0 Å². The van der Waals surface area contributed by atoms with E-state index in [4.69, 9.17) is 25.5 Å². The summed E-state index contributed by atoms with van der Waals surface area (Å²) in [6.45, 7) is 11.8. The molecule has 0 bridgehead atoms. The Balaban J connectivity index is -0.000000223. The molecule has 0 aromatic heterocycles. The molecule has 126 valence electrons. The normalized spacial score (nSPS) is 13.5. The van der Waals surface area contributed by atoms with Crippen molar-refractivity contribution in [1.29, 1.82) is 0 Å². The first-order valence-electron chi connectivity index (χ1n) is 7.30. The van der Waals surface area contributed by atoms with E-state index in [2.05, 4.69) is 0 Å². The fourth-order valence-electron chi connectivity index (χ4n) is 0.830. The molecular weight excluding hydrogens is 260 g/mol. The third kappa shape index (κ3) is 26.4. The van der Waals surface area contributed by atoms with E-state index in [-0.39, 0.29) is 19.1 Å². The molecule has 2 unspecified atom stereocenters. The fourth-order valence-corrected chi connectivity index (χ4v) is 0.830. The highest BCUT2D eigenvalue weighted by atomic mass is 16.3. The van der Waals surface area contributed by atoms with E-state index in [9.17, 15) is 0 Å². The lowest BCUT2D eigenvalue weighted by atomic mass is 10.1. The van der Waals surface area contributed by atoms with Crippen molar-refractivity contribution in [3.8, 4) is 0 Å². The standard InChI is InChI=1S/C6H14O2.C5H12O2.C4H10O/c1-5(2)3-6(8)4-7;1-4(2)5(7)3-6;1-4(2)3-5/h5-8H,3-4H2,1-2H3;4-7H,3H2,1-2H3;4-5H,3H2,1-2H3. The highest BCUT2D eigenvalue weighted by Gasteiger charge is 2.04. The average Bonchev–Trinajstić information content (AvgIpc) is 2.38. The summed E-state index contributed by atoms with van der Waals surface area (Å²) in [5.41, 5.74) is 0. The zero-order chi connectivity index (χ0) is 16.7. The molecule has 2 atom stereocenters. The van der Waals surface area contributed by atoms with E-state index in [1.807, 2.05) is 41.5 Å². The molecule has 5 N–H and O–H groups in total. The number of hydrogen-bond acceptors (Lipinski definition) is 5. The topological polar surface area (TPSA) is 101 Å². The predicted molar refractivity (Wildman–Crippen MR) is 82.4 cm³/mol. The minimum atomic E-state index is -0.542. The number of hydrogen-bond donors (Lipinski definition) is 5. The van der Waals surface area contributed by atoms with Gasteiger partial charge in [0, 0.05) is 6.61 Å². The first-order chi connectivity index (χ1) is 9.11. The van der Waals surface area contributed by atoms with Crippen molar-refractivity contribution in [3.05, 3.63) is 0 Å². The largest absolute Gasteiger partial charge is 0.396 e. The van der Waals surface area contributed by atoms with Crippen LogP contribution in [0.1, 0.15) is 48.0 Å². The first-order valence-corrected chi connectivity index (χ1v) is 7.30. The summed E-state index contributed by atoms with van der Waals surface area (Å²) in [5.74, 6) is 1.08. The number of rotatable bonds is 6. The van der Waals surface area contributed by atoms with Crippen molar-refractivity contribution in [2.45, 2.75) is 60.2 Å². The van der Waals surface area contributed by atoms with Crippen LogP contribution >= 0.6 is 0 Å². The average molecular weight is 296 g/mol. The maximum Gasteiger partial charge on any atom is 0.0793 e. The van der Waals surface area contributed by atoms with Crippen LogP contribution in [0.3, 0.4) is 0 Å². The van der Waals surface area contributed by atoms with Crippen LogP contribution in [0.4, 0.5) is 0 Å². The van der Waals surface area contributed by atoms with Crippen molar-refractivity contribution in [2.75, 3.05) is 19.8 Å². The minimum absolute atomic E-state index is 0.113. The summed E-state index contributed by atoms with van der Waals surface area (Å²) in [6, 6.07) is 0. The number of aliphatic hydroxyl groups excluding tert-OH is 5. The SMILES string of the molecule is CC(C)C(O)CO.CC(C)CC(O)CO.CC(C)CO. The lowest BCUT2D eigenvalue weighted by molar-refractivity contribution is 0.0597. The summed E-state index contributed by atoms with van der Waals surface area (Å²) in [4.78, 5) is 0. The molecule has 20 heavy (non-hydrogen) atoms. The van der Waals surface area contributed by atoms with Gasteiger partial charge in [-0.3, -0.25) is 0 Å². The van der Waals surface area contributed by atoms with Crippen LogP contribution in [0.25, 0.3) is 0 Å². The van der Waals surface area contributed by atoms with Crippen molar-refractivity contribution in [3.63, 3.8) is 0 Å². The Morgan fingerprint density at radius 3 is 1.10 bits per heavy atom. The minimum Gasteiger partial charge on any atom is -0.396 e. The van der Waals surface area contributed by atoms with Crippen LogP contribution in [0.15, 0.2) is 0 Å². The van der Waals surface area contributed by atoms with Gasteiger partial charge < -0.3 is 25.5 Å². The summed E-state index contributed by atoms with van der Waals surface area (Å²) < 4.78 is 0. The molecule has 5 heteroatoms. The maximum absolute atomic E-state index is 8.78. The van der Waals surface area contributed by atoms with Gasteiger partial charge in [0.05, 0.1) is 25.4 Å². The Labute approximate surface area is 124 Å². The van der Waals surface area contributed by atoms with Gasteiger partial charge in [-0.2, -0.15) is 0 Å². The van der Waals surface area contributed by atoms with Gasteiger partial charge in [0.2, 0.25) is 0 Å². The van der Waals surface area contributed by atoms with E-state index in [0.29, 0.717) is 24.9 Å². The van der Waals surface area contributed by atoms with Crippen LogP contribution in [-0.4, -0.2) is 57.6 Å². The second kappa shape index (κ2) is 16.9. The molecule has 0 spiro atoms. The van der Waals surface area contributed by atoms with Gasteiger partial charge >= 0.3 is 0 Å². The van der Waals surface area contributed by atoms with E-state index < -0.39 is 12.2 Å². The molecule has 0 heterocycles. The van der Waals surface area contributed by atoms with E-state index in [0.717, 1.165) is 0 Å². The summed E-state index contributed by atoms with van der Waals surface area (Å²) in [5, 5.41) is 42.2. The van der Waals surface area contributed by atoms with Crippen LogP contribution in [0.2, 0.25) is 0 Å². The molecule has 0 rings (SSSR count). The van der Waals surface area contributed by atoms with Gasteiger partial charge in [-0.1, -0.05) is 41.5 Å². The first kappa shape index (κ1) is 24.8. The van der Waals surface area contributed by atoms with Crippen LogP contribution in [0, 0.1) is 17.8 Å². The van der Waals surface area contributed by atoms with E-state index >= 15 is 0 Å². The molecule has 5 nitrogen and oxygen atoms in total. The summed E-state index contributed by atoms with van der Waals surface area (Å²) >= 11 is 0. The van der Waals surface area contributed by atoms with E-state index in [1.165, 1.54) is 0 Å². The lowest BCUT2D eigenvalue weighted by Gasteiger charge is -2.08. The van der Waals surface area contributed by atoms with Crippen molar-refractivity contribution < 1.29 is 25.5 Å². The number of aliphatic hydroxyl groups is 5. The molecule has 0 aliphatic carbocycles. The van der Waals surface area contributed by atoms with Crippen molar-refractivity contribution in [1.82, 2.24) is 0 Å². The summed E-state index contributed by atoms with van der Waals surface area (Å²) in [7, 11) is 0. The molecule has 0 aliphatic rings. The smallest absolute Gasteiger partial charge is 0.0793 e. The Kier molecular flexibility index (Phi) is 20.9. The van der Waals surface area contributed by atoms with Gasteiger partial charge in [-0.25, -0.2) is 0 Å². The van der Waals surface area contributed by atoms with Gasteiger partial charge in [0.25, 0.3) is 0 Å². The predicted octanol–water partition coefficient (Wildman–Crippen LogP) is 1.02. The summed E-state index contributed by atoms with van der Waals surface area (Å²) in [6.07, 6.45) is -0.369. The van der Waals surface area contributed by atoms with Gasteiger partial charge in [0.1, 0.15) is 0 Å². The van der Waals surface area contributed by atoms with Crippen molar-refractivity contribution >= 4 is 0 Å². The second-order valence-corrected chi connectivity index (χ2v) is 6.04. The third-order valence-electron chi connectivity index (χ3n) is 2.28. The lowest BCUT2D eigenvalue weighted by Crippen LogP contribution is -2.18. The Morgan fingerprint density at radius 2 is 1.05 bits per heavy atom. The van der Waals surface area contributed by atoms with Crippen LogP contribution in [-0.2, 0) is 0 Å². The third-order valence-corrected chi connectivity index (χ3v) is 2.28. The highest BCUT2D eigenvalue weighted by molar-refractivity contribution is 4.55. The fraction of sp³-hybridized carbons (Fsp3) is 1.00. The monoisotopic (exact) mass is 296 g/mol.